The van der Waals surface area contributed by atoms with Crippen LogP contribution in [0, 0.1) is 0 Å². The fourth-order valence-electron chi connectivity index (χ4n) is 11.4. The van der Waals surface area contributed by atoms with Crippen LogP contribution in [0.25, 0.3) is 0 Å². The highest BCUT2D eigenvalue weighted by Crippen LogP contribution is 2.31. The minimum Gasteiger partial charge on any atom is -0.589 e. The van der Waals surface area contributed by atoms with Gasteiger partial charge in [0, 0.05) is 63.8 Å². The van der Waals surface area contributed by atoms with E-state index in [9.17, 15) is 0 Å². The lowest BCUT2D eigenvalue weighted by Gasteiger charge is -2.37. The molecule has 0 unspecified atom stereocenters. The minimum atomic E-state index is -3.37. The number of unbranched alkanes of at least 4 members (excludes halogenated alkanes) is 1. The van der Waals surface area contributed by atoms with Crippen LogP contribution in [-0.4, -0.2) is 123 Å². The normalized spacial score (nSPS) is 13.8. The number of aryl methyl sites for hydroxylation is 4. The molecule has 2 aliphatic rings. The topological polar surface area (TPSA) is 95.6 Å². The molecule has 0 fully saturated rings. The number of fused-ring (bicyclic) bond motifs is 4. The Hall–Kier alpha value is -6.64. The van der Waals surface area contributed by atoms with E-state index in [2.05, 4.69) is 186 Å². The predicted molar refractivity (Wildman–Crippen MR) is 348 cm³/mol. The van der Waals surface area contributed by atoms with Crippen molar-refractivity contribution < 1.29 is 27.0 Å². The van der Waals surface area contributed by atoms with Crippen molar-refractivity contribution in [2.45, 2.75) is 106 Å². The van der Waals surface area contributed by atoms with Crippen molar-refractivity contribution in [2.75, 3.05) is 58.9 Å². The molecule has 434 valence electrons. The molecule has 0 aromatic heterocycles. The number of hydrogen-bond donors (Lipinski definition) is 0. The van der Waals surface area contributed by atoms with Crippen LogP contribution in [0.3, 0.4) is 0 Å². The SMILES string of the molecule is CCCC[N+](CC)(CC)Cc1ccc2c(c1)C=NCCN=Cc1cc(C[N+](CC)(CC)Cc3ccccc3)ccc1[O][Al]([O][Al]1[O]c3ccc(CCCc4ccccc4)cc3C=NCCN=Cc3cc(CCCc4ccccc4)ccc3[O]1)[O]2. The number of rotatable bonds is 23. The molecule has 2 heterocycles. The molecular weight excluding hydrogens is 1070 g/mol. The second-order valence-corrected chi connectivity index (χ2v) is 25.7. The van der Waals surface area contributed by atoms with Crippen molar-refractivity contribution in [1.29, 1.82) is 0 Å². The maximum Gasteiger partial charge on any atom is 1.07 e. The highest BCUT2D eigenvalue weighted by molar-refractivity contribution is 6.54. The number of quaternary nitrogens is 2. The van der Waals surface area contributed by atoms with Crippen LogP contribution in [0.1, 0.15) is 121 Å². The first-order chi connectivity index (χ1) is 41.3. The summed E-state index contributed by atoms with van der Waals surface area (Å²) in [5.74, 6) is 2.49. The van der Waals surface area contributed by atoms with Crippen molar-refractivity contribution >= 4 is 55.2 Å². The lowest BCUT2D eigenvalue weighted by Crippen LogP contribution is -2.47. The van der Waals surface area contributed by atoms with Crippen LogP contribution in [0.4, 0.5) is 0 Å². The molecule has 13 heteroatoms. The maximum atomic E-state index is 7.33. The highest BCUT2D eigenvalue weighted by Gasteiger charge is 2.54. The van der Waals surface area contributed by atoms with Crippen molar-refractivity contribution in [3.8, 4) is 23.0 Å². The summed E-state index contributed by atoms with van der Waals surface area (Å²) < 4.78 is 38.0. The molecule has 0 atom stereocenters. The standard InChI is InChI=1S/C37H52N4O2.C34H36N2O2.2Al.O/c1-6-11-23-40(7-2,8-3)29-32-17-19-36(42)34(24-32)26-38-21-22-39-27-35-25-33(18-20-37(35)43)30-41(9-4,10-5)28-31-15-13-12-14-16-31;37-33-19-17-29(15-7-13-27-9-3-1-4-10-27)23-31(33)25-35-21-22-36-26-32-24-30(18-20-34(32)38)16-8-14-28-11-5-2-6-12-28;;;/h12-20,24-27H,6-11,21-23,28-30H2,1-5H3;1-6,9-12,17-20,23-26,37-38H,7-8,13-16,21-22H2;;;/q;;2*+2;/p-2. The summed E-state index contributed by atoms with van der Waals surface area (Å²) >= 11 is -6.71. The number of nitrogens with zero attached hydrogens (tertiary/aromatic N) is 6. The van der Waals surface area contributed by atoms with Gasteiger partial charge in [0.2, 0.25) is 0 Å². The molecule has 7 aromatic carbocycles. The molecule has 7 aromatic rings. The molecule has 84 heavy (non-hydrogen) atoms. The summed E-state index contributed by atoms with van der Waals surface area (Å²) in [6.07, 6.45) is 15.8. The molecule has 0 spiro atoms. The summed E-state index contributed by atoms with van der Waals surface area (Å²) in [5.41, 5.74) is 12.2. The van der Waals surface area contributed by atoms with Gasteiger partial charge in [-0.15, -0.1) is 0 Å². The summed E-state index contributed by atoms with van der Waals surface area (Å²) in [7, 11) is 0. The molecule has 0 aliphatic carbocycles. The lowest BCUT2D eigenvalue weighted by molar-refractivity contribution is -0.950. The zero-order valence-electron chi connectivity index (χ0n) is 50.4. The third-order valence-corrected chi connectivity index (χ3v) is 20.2. The zero-order chi connectivity index (χ0) is 58.2. The maximum absolute atomic E-state index is 7.33. The first kappa shape index (κ1) is 61.9. The van der Waals surface area contributed by atoms with Gasteiger partial charge in [-0.25, -0.2) is 0 Å². The lowest BCUT2D eigenvalue weighted by atomic mass is 10.0. The number of benzene rings is 7. The van der Waals surface area contributed by atoms with Gasteiger partial charge in [0.1, 0.15) is 19.6 Å². The van der Waals surface area contributed by atoms with Crippen molar-refractivity contribution in [3.63, 3.8) is 0 Å². The van der Waals surface area contributed by atoms with E-state index in [0.717, 1.165) is 129 Å². The van der Waals surface area contributed by atoms with E-state index in [1.165, 1.54) is 45.4 Å². The van der Waals surface area contributed by atoms with E-state index in [0.29, 0.717) is 49.2 Å². The monoisotopic (exact) mass is 1160 g/mol. The average Bonchev–Trinajstić information content (AvgIpc) is 3.70. The second kappa shape index (κ2) is 32.0. The van der Waals surface area contributed by atoms with Gasteiger partial charge in [-0.3, -0.25) is 20.0 Å². The molecule has 11 nitrogen and oxygen atoms in total. The quantitative estimate of drug-likeness (QED) is 0.0470. The van der Waals surface area contributed by atoms with E-state index >= 15 is 0 Å². The molecule has 0 saturated carbocycles. The van der Waals surface area contributed by atoms with Gasteiger partial charge in [0.05, 0.1) is 81.9 Å². The van der Waals surface area contributed by atoms with Crippen LogP contribution in [0.15, 0.2) is 184 Å². The zero-order valence-corrected chi connectivity index (χ0v) is 52.7. The van der Waals surface area contributed by atoms with Gasteiger partial charge < -0.3 is 27.0 Å². The van der Waals surface area contributed by atoms with Crippen LogP contribution in [-0.2, 0) is 48.2 Å². The van der Waals surface area contributed by atoms with Crippen LogP contribution in [0.5, 0.6) is 23.0 Å². The Morgan fingerprint density at radius 1 is 0.357 bits per heavy atom. The largest absolute Gasteiger partial charge is 1.07 e. The Bertz CT molecular complexity index is 3170. The molecule has 0 bridgehead atoms. The Morgan fingerprint density at radius 3 is 1.05 bits per heavy atom. The second-order valence-electron chi connectivity index (χ2n) is 22.5. The molecule has 0 amide bonds. The van der Waals surface area contributed by atoms with Crippen LogP contribution < -0.4 is 15.2 Å². The van der Waals surface area contributed by atoms with Gasteiger partial charge in [-0.1, -0.05) is 116 Å². The van der Waals surface area contributed by atoms with E-state index < -0.39 is 30.3 Å². The molecule has 2 aliphatic heterocycles. The highest BCUT2D eigenvalue weighted by atomic mass is 27.3. The third-order valence-electron chi connectivity index (χ3n) is 16.7. The van der Waals surface area contributed by atoms with Gasteiger partial charge in [0.15, 0.2) is 0 Å². The first-order valence-electron chi connectivity index (χ1n) is 30.9. The van der Waals surface area contributed by atoms with E-state index in [1.54, 1.807) is 0 Å². The van der Waals surface area contributed by atoms with Gasteiger partial charge in [-0.2, -0.15) is 0 Å². The van der Waals surface area contributed by atoms with Crippen LogP contribution >= 0.6 is 0 Å². The predicted octanol–water partition coefficient (Wildman–Crippen LogP) is 14.1. The molecular formula is C71H86Al2N6O5+2. The van der Waals surface area contributed by atoms with E-state index in [-0.39, 0.29) is 0 Å². The van der Waals surface area contributed by atoms with E-state index in [4.69, 9.17) is 38.0 Å². The molecule has 0 saturated heterocycles. The summed E-state index contributed by atoms with van der Waals surface area (Å²) in [6, 6.07) is 58.0. The molecule has 0 radical (unpaired) electrons. The Morgan fingerprint density at radius 2 is 0.679 bits per heavy atom. The van der Waals surface area contributed by atoms with Crippen LogP contribution in [0.2, 0.25) is 0 Å². The minimum absolute atomic E-state index is 0.513. The van der Waals surface area contributed by atoms with E-state index in [1.807, 2.05) is 37.0 Å². The van der Waals surface area contributed by atoms with Gasteiger partial charge in [0.25, 0.3) is 0 Å². The first-order valence-corrected chi connectivity index (χ1v) is 33.7. The Balaban J connectivity index is 1.10. The average molecular weight is 1160 g/mol. The summed E-state index contributed by atoms with van der Waals surface area (Å²) in [6.45, 7) is 21.5. The Labute approximate surface area is 511 Å². The number of aliphatic imine (C=N–C) groups is 4. The van der Waals surface area contributed by atoms with Crippen molar-refractivity contribution in [3.05, 3.63) is 225 Å². The van der Waals surface area contributed by atoms with Crippen molar-refractivity contribution in [1.82, 2.24) is 0 Å². The third kappa shape index (κ3) is 18.2. The molecule has 0 N–H and O–H groups in total. The van der Waals surface area contributed by atoms with Gasteiger partial charge >= 0.3 is 30.3 Å². The smallest absolute Gasteiger partial charge is 0.589 e. The summed E-state index contributed by atoms with van der Waals surface area (Å²) in [4.78, 5) is 19.8. The number of hydrogen-bond acceptors (Lipinski definition) is 9. The fraction of sp³-hybridized carbons (Fsp3) is 0.352. The molecule has 9 rings (SSSR count). The Kier molecular flexibility index (Phi) is 23.6. The van der Waals surface area contributed by atoms with Gasteiger partial charge in [-0.05, 0) is 156 Å². The fourth-order valence-corrected chi connectivity index (χ4v) is 14.8. The van der Waals surface area contributed by atoms with Crippen molar-refractivity contribution in [2.24, 2.45) is 20.0 Å². The summed E-state index contributed by atoms with van der Waals surface area (Å²) in [5, 5.41) is 0.